The van der Waals surface area contributed by atoms with E-state index < -0.39 is 6.10 Å². The average molecular weight is 372 g/mol. The summed E-state index contributed by atoms with van der Waals surface area (Å²) in [6.45, 7) is 1.86. The average Bonchev–Trinajstić information content (AvgIpc) is 3.11. The summed E-state index contributed by atoms with van der Waals surface area (Å²) in [6, 6.07) is 16.6. The van der Waals surface area contributed by atoms with Gasteiger partial charge in [0.25, 0.3) is 5.56 Å². The van der Waals surface area contributed by atoms with Gasteiger partial charge in [0.05, 0.1) is 11.8 Å². The maximum absolute atomic E-state index is 13.5. The summed E-state index contributed by atoms with van der Waals surface area (Å²) in [4.78, 5) is 24.8. The fraction of sp³-hybridized carbons (Fsp3) is 0.217. The van der Waals surface area contributed by atoms with Crippen molar-refractivity contribution in [2.75, 3.05) is 0 Å². The van der Waals surface area contributed by atoms with Gasteiger partial charge in [-0.05, 0) is 36.6 Å². The first kappa shape index (κ1) is 18.0. The van der Waals surface area contributed by atoms with Crippen LogP contribution >= 0.6 is 0 Å². The number of fused-ring (bicyclic) bond motifs is 1. The highest BCUT2D eigenvalue weighted by atomic mass is 16.5. The summed E-state index contributed by atoms with van der Waals surface area (Å²) in [5, 5.41) is 1.33. The van der Waals surface area contributed by atoms with Crippen molar-refractivity contribution in [3.63, 3.8) is 0 Å². The number of nitrogens with two attached hydrogens (primary N) is 1. The van der Waals surface area contributed by atoms with E-state index in [1.165, 1.54) is 0 Å². The lowest BCUT2D eigenvalue weighted by atomic mass is 10.0. The largest absolute Gasteiger partial charge is 0.449 e. The third-order valence-corrected chi connectivity index (χ3v) is 4.81. The number of rotatable bonds is 2. The molecule has 0 saturated carbocycles. The maximum Gasteiger partial charge on any atom is 0.307 e. The van der Waals surface area contributed by atoms with E-state index in [4.69, 9.17) is 10.5 Å². The van der Waals surface area contributed by atoms with E-state index in [2.05, 4.69) is 11.8 Å². The van der Waals surface area contributed by atoms with E-state index in [0.29, 0.717) is 23.8 Å². The van der Waals surface area contributed by atoms with Gasteiger partial charge in [-0.2, -0.15) is 0 Å². The summed E-state index contributed by atoms with van der Waals surface area (Å²) >= 11 is 0. The molecule has 5 heteroatoms. The molecule has 1 aromatic heterocycles. The van der Waals surface area contributed by atoms with Gasteiger partial charge in [-0.25, -0.2) is 0 Å². The van der Waals surface area contributed by atoms with Crippen LogP contribution in [0.1, 0.15) is 37.1 Å². The molecule has 0 spiro atoms. The molecule has 1 saturated heterocycles. The number of ether oxygens (including phenoxy) is 1. The van der Waals surface area contributed by atoms with E-state index in [1.54, 1.807) is 4.57 Å². The Labute approximate surface area is 162 Å². The summed E-state index contributed by atoms with van der Waals surface area (Å²) in [5.41, 5.74) is 8.12. The molecule has 2 heterocycles. The van der Waals surface area contributed by atoms with Crippen LogP contribution in [-0.4, -0.2) is 16.6 Å². The molecular formula is C23H20N2O3. The van der Waals surface area contributed by atoms with Crippen LogP contribution in [0.15, 0.2) is 59.4 Å². The van der Waals surface area contributed by atoms with Crippen molar-refractivity contribution in [3.05, 3.63) is 76.2 Å². The van der Waals surface area contributed by atoms with Crippen molar-refractivity contribution in [2.24, 2.45) is 5.73 Å². The molecule has 5 nitrogen and oxygen atoms in total. The Kier molecular flexibility index (Phi) is 4.72. The molecule has 3 aromatic rings. The molecule has 1 fully saturated rings. The first-order valence-corrected chi connectivity index (χ1v) is 9.25. The fourth-order valence-corrected chi connectivity index (χ4v) is 3.45. The first-order chi connectivity index (χ1) is 13.5. The quantitative estimate of drug-likeness (QED) is 0.554. The number of nitrogens with zero attached hydrogens (tertiary/aromatic N) is 1. The molecular weight excluding hydrogens is 352 g/mol. The van der Waals surface area contributed by atoms with Crippen LogP contribution in [0.4, 0.5) is 0 Å². The topological polar surface area (TPSA) is 74.3 Å². The number of cyclic esters (lactones) is 1. The van der Waals surface area contributed by atoms with Crippen molar-refractivity contribution in [2.45, 2.75) is 31.9 Å². The van der Waals surface area contributed by atoms with E-state index in [1.807, 2.05) is 61.5 Å². The molecule has 0 aliphatic carbocycles. The van der Waals surface area contributed by atoms with Gasteiger partial charge in [0.2, 0.25) is 0 Å². The maximum atomic E-state index is 13.5. The number of aromatic nitrogens is 1. The third-order valence-electron chi connectivity index (χ3n) is 4.81. The first-order valence-electron chi connectivity index (χ1n) is 9.25. The van der Waals surface area contributed by atoms with Gasteiger partial charge >= 0.3 is 5.97 Å². The number of esters is 1. The second-order valence-electron chi connectivity index (χ2n) is 6.89. The molecule has 1 aliphatic rings. The molecule has 2 N–H and O–H groups in total. The van der Waals surface area contributed by atoms with Crippen LogP contribution < -0.4 is 11.3 Å². The minimum absolute atomic E-state index is 0.163. The van der Waals surface area contributed by atoms with Gasteiger partial charge in [0, 0.05) is 29.4 Å². The number of carbonyl (C=O) groups is 1. The molecule has 4 rings (SSSR count). The Morgan fingerprint density at radius 3 is 2.61 bits per heavy atom. The van der Waals surface area contributed by atoms with Crippen LogP contribution in [-0.2, 0) is 9.53 Å². The molecule has 1 aliphatic heterocycles. The van der Waals surface area contributed by atoms with Crippen molar-refractivity contribution >= 4 is 16.7 Å². The smallest absolute Gasteiger partial charge is 0.307 e. The number of pyridine rings is 1. The third kappa shape index (κ3) is 3.30. The molecule has 0 bridgehead atoms. The lowest BCUT2D eigenvalue weighted by molar-refractivity contribution is -0.139. The standard InChI is InChI=1S/C23H20N2O3/c1-15(24)20-14-17-7-5-6-16(10-11-19-12-13-21(26)28-19)22(17)23(27)25(20)18-8-3-2-4-9-18/h2-9,14-15,19H,12-13,24H2,1H3/t15-,19?/m0/s1. The van der Waals surface area contributed by atoms with Crippen LogP contribution in [0.3, 0.4) is 0 Å². The number of para-hydroxylation sites is 1. The molecule has 0 amide bonds. The highest BCUT2D eigenvalue weighted by molar-refractivity contribution is 5.88. The lowest BCUT2D eigenvalue weighted by Crippen LogP contribution is -2.26. The van der Waals surface area contributed by atoms with E-state index >= 15 is 0 Å². The van der Waals surface area contributed by atoms with E-state index in [-0.39, 0.29) is 17.6 Å². The number of hydrogen-bond donors (Lipinski definition) is 1. The predicted molar refractivity (Wildman–Crippen MR) is 108 cm³/mol. The predicted octanol–water partition coefficient (Wildman–Crippen LogP) is 3.07. The minimum Gasteiger partial charge on any atom is -0.449 e. The second kappa shape index (κ2) is 7.34. The summed E-state index contributed by atoms with van der Waals surface area (Å²) in [6.07, 6.45) is 0.551. The zero-order valence-electron chi connectivity index (χ0n) is 15.5. The molecule has 2 aromatic carbocycles. The second-order valence-corrected chi connectivity index (χ2v) is 6.89. The Bertz CT molecular complexity index is 1170. The molecule has 140 valence electrons. The lowest BCUT2D eigenvalue weighted by Gasteiger charge is -2.17. The minimum atomic E-state index is -0.414. The molecule has 2 atom stereocenters. The van der Waals surface area contributed by atoms with Gasteiger partial charge in [0.1, 0.15) is 0 Å². The Morgan fingerprint density at radius 2 is 1.93 bits per heavy atom. The Balaban J connectivity index is 1.94. The zero-order valence-corrected chi connectivity index (χ0v) is 15.5. The number of carbonyl (C=O) groups excluding carboxylic acids is 1. The number of hydrogen-bond acceptors (Lipinski definition) is 4. The molecule has 0 radical (unpaired) electrons. The van der Waals surface area contributed by atoms with Crippen LogP contribution in [0, 0.1) is 11.8 Å². The SMILES string of the molecule is C[C@H](N)c1cc2cccc(C#CC3CCC(=O)O3)c2c(=O)n1-c1ccccc1. The summed E-state index contributed by atoms with van der Waals surface area (Å²) in [5.74, 6) is 5.79. The zero-order chi connectivity index (χ0) is 19.7. The van der Waals surface area contributed by atoms with Gasteiger partial charge < -0.3 is 10.5 Å². The van der Waals surface area contributed by atoms with Crippen molar-refractivity contribution in [1.82, 2.24) is 4.57 Å². The van der Waals surface area contributed by atoms with Gasteiger partial charge in [-0.3, -0.25) is 14.2 Å². The van der Waals surface area contributed by atoms with Crippen LogP contribution in [0.5, 0.6) is 0 Å². The number of benzene rings is 2. The van der Waals surface area contributed by atoms with Crippen molar-refractivity contribution < 1.29 is 9.53 Å². The molecule has 1 unspecified atom stereocenters. The van der Waals surface area contributed by atoms with Gasteiger partial charge in [-0.15, -0.1) is 0 Å². The van der Waals surface area contributed by atoms with Crippen molar-refractivity contribution in [3.8, 4) is 17.5 Å². The monoisotopic (exact) mass is 372 g/mol. The van der Waals surface area contributed by atoms with Gasteiger partial charge in [-0.1, -0.05) is 42.2 Å². The van der Waals surface area contributed by atoms with E-state index in [9.17, 15) is 9.59 Å². The highest BCUT2D eigenvalue weighted by Gasteiger charge is 2.21. The molecule has 28 heavy (non-hydrogen) atoms. The Hall–Kier alpha value is -3.36. The fourth-order valence-electron chi connectivity index (χ4n) is 3.45. The normalized spacial score (nSPS) is 17.1. The van der Waals surface area contributed by atoms with Crippen LogP contribution in [0.2, 0.25) is 0 Å². The summed E-state index contributed by atoms with van der Waals surface area (Å²) in [7, 11) is 0. The Morgan fingerprint density at radius 1 is 1.14 bits per heavy atom. The van der Waals surface area contributed by atoms with Crippen LogP contribution in [0.25, 0.3) is 16.5 Å². The highest BCUT2D eigenvalue weighted by Crippen LogP contribution is 2.22. The van der Waals surface area contributed by atoms with E-state index in [0.717, 1.165) is 16.8 Å². The van der Waals surface area contributed by atoms with Gasteiger partial charge in [0.15, 0.2) is 6.10 Å². The van der Waals surface area contributed by atoms with Crippen molar-refractivity contribution in [1.29, 1.82) is 0 Å². The summed E-state index contributed by atoms with van der Waals surface area (Å²) < 4.78 is 6.80.